The smallest absolute Gasteiger partial charge is 0.378 e. The maximum Gasteiger partial charge on any atom is 0.416 e. The van der Waals surface area contributed by atoms with Crippen LogP contribution >= 0.6 is 0 Å². The van der Waals surface area contributed by atoms with Crippen molar-refractivity contribution in [1.29, 1.82) is 0 Å². The van der Waals surface area contributed by atoms with Crippen LogP contribution in [0.15, 0.2) is 67.4 Å². The van der Waals surface area contributed by atoms with Crippen LogP contribution in [-0.2, 0) is 17.5 Å². The van der Waals surface area contributed by atoms with Gasteiger partial charge in [-0.25, -0.2) is 19.9 Å². The molecule has 2 aromatic heterocycles. The summed E-state index contributed by atoms with van der Waals surface area (Å²) in [6.45, 7) is 3.05. The molecule has 1 saturated heterocycles. The van der Waals surface area contributed by atoms with Crippen LogP contribution in [0.5, 0.6) is 0 Å². The minimum atomic E-state index is -4.63. The number of anilines is 3. The van der Waals surface area contributed by atoms with Crippen LogP contribution in [0, 0.1) is 6.92 Å². The lowest BCUT2D eigenvalue weighted by Gasteiger charge is -2.24. The van der Waals surface area contributed by atoms with Crippen molar-refractivity contribution >= 4 is 23.2 Å². The minimum Gasteiger partial charge on any atom is -0.378 e. The molecule has 230 valence electrons. The summed E-state index contributed by atoms with van der Waals surface area (Å²) in [6.07, 6.45) is 1.57. The second-order valence-corrected chi connectivity index (χ2v) is 10.9. The average Bonchev–Trinajstić information content (AvgIpc) is 3.42. The van der Waals surface area contributed by atoms with Gasteiger partial charge in [-0.15, -0.1) is 0 Å². The predicted molar refractivity (Wildman–Crippen MR) is 160 cm³/mol. The van der Waals surface area contributed by atoms with E-state index in [1.807, 2.05) is 30.8 Å². The lowest BCUT2D eigenvalue weighted by molar-refractivity contribution is -0.138. The summed E-state index contributed by atoms with van der Waals surface area (Å²) < 4.78 is 48.1. The third-order valence-corrected chi connectivity index (χ3v) is 7.60. The van der Waals surface area contributed by atoms with Gasteiger partial charge in [-0.3, -0.25) is 9.69 Å². The van der Waals surface area contributed by atoms with Crippen LogP contribution in [0.4, 0.5) is 30.5 Å². The van der Waals surface area contributed by atoms with Crippen LogP contribution in [0.2, 0.25) is 0 Å². The van der Waals surface area contributed by atoms with Crippen molar-refractivity contribution in [2.24, 2.45) is 0 Å². The molecule has 1 amide bonds. The summed E-state index contributed by atoms with van der Waals surface area (Å²) in [5.41, 5.74) is 2.37. The molecule has 0 saturated carbocycles. The van der Waals surface area contributed by atoms with Crippen LogP contribution in [0.25, 0.3) is 11.3 Å². The standard InChI is InChI=1S/C31H33F3N8O2/c1-19-5-8-23(12-26(19)40-30-37-10-9-25(39-30)22-13-35-18-36-14-22)38-29(43)20-6-7-21(24(11-20)31(32,33)34)15-42-16-27(41(2)3)28(17-42)44-4/h5-14,18,27-28H,15-17H2,1-4H3,(H,38,43)(H,37,39,40)/t27-,28-/m0/s1. The highest BCUT2D eigenvalue weighted by atomic mass is 19.4. The van der Waals surface area contributed by atoms with Gasteiger partial charge >= 0.3 is 6.18 Å². The highest BCUT2D eigenvalue weighted by molar-refractivity contribution is 6.04. The van der Waals surface area contributed by atoms with Crippen LogP contribution in [-0.4, -0.2) is 82.1 Å². The molecular weight excluding hydrogens is 573 g/mol. The van der Waals surface area contributed by atoms with E-state index in [9.17, 15) is 18.0 Å². The van der Waals surface area contributed by atoms with Gasteiger partial charge < -0.3 is 20.3 Å². The molecule has 2 N–H and O–H groups in total. The van der Waals surface area contributed by atoms with Crippen molar-refractivity contribution in [2.75, 3.05) is 44.9 Å². The van der Waals surface area contributed by atoms with E-state index in [1.54, 1.807) is 50.0 Å². The molecule has 4 aromatic rings. The van der Waals surface area contributed by atoms with E-state index in [1.165, 1.54) is 18.5 Å². The van der Waals surface area contributed by atoms with Crippen molar-refractivity contribution in [2.45, 2.75) is 31.8 Å². The zero-order chi connectivity index (χ0) is 31.4. The van der Waals surface area contributed by atoms with Gasteiger partial charge in [-0.2, -0.15) is 13.2 Å². The first-order chi connectivity index (χ1) is 21.0. The monoisotopic (exact) mass is 606 g/mol. The van der Waals surface area contributed by atoms with E-state index in [0.29, 0.717) is 36.1 Å². The quantitative estimate of drug-likeness (QED) is 0.272. The van der Waals surface area contributed by atoms with Crippen molar-refractivity contribution in [3.05, 3.63) is 89.6 Å². The van der Waals surface area contributed by atoms with Crippen molar-refractivity contribution in [1.82, 2.24) is 29.7 Å². The number of aromatic nitrogens is 4. The second-order valence-electron chi connectivity index (χ2n) is 10.9. The second kappa shape index (κ2) is 13.0. The molecule has 1 aliphatic rings. The molecule has 2 atom stereocenters. The molecule has 0 unspecified atom stereocenters. The molecule has 0 aliphatic carbocycles. The van der Waals surface area contributed by atoms with E-state index >= 15 is 0 Å². The number of ether oxygens (including phenoxy) is 1. The van der Waals surface area contributed by atoms with E-state index in [-0.39, 0.29) is 29.8 Å². The maximum absolute atomic E-state index is 14.2. The van der Waals surface area contributed by atoms with Crippen LogP contribution in [0.3, 0.4) is 0 Å². The first-order valence-electron chi connectivity index (χ1n) is 13.9. The molecule has 1 aliphatic heterocycles. The molecular formula is C31H33F3N8O2. The first kappa shape index (κ1) is 31.0. The van der Waals surface area contributed by atoms with Gasteiger partial charge in [-0.05, 0) is 62.5 Å². The van der Waals surface area contributed by atoms with Crippen LogP contribution < -0.4 is 10.6 Å². The Morgan fingerprint density at radius 3 is 2.55 bits per heavy atom. The Bertz CT molecular complexity index is 1620. The third kappa shape index (κ3) is 7.18. The number of alkyl halides is 3. The van der Waals surface area contributed by atoms with E-state index in [4.69, 9.17) is 4.74 Å². The van der Waals surface area contributed by atoms with Crippen LogP contribution in [0.1, 0.15) is 27.0 Å². The third-order valence-electron chi connectivity index (χ3n) is 7.60. The highest BCUT2D eigenvalue weighted by Gasteiger charge is 2.38. The fourth-order valence-electron chi connectivity index (χ4n) is 5.22. The normalized spacial score (nSPS) is 17.2. The number of nitrogens with zero attached hydrogens (tertiary/aromatic N) is 6. The first-order valence-corrected chi connectivity index (χ1v) is 13.9. The summed E-state index contributed by atoms with van der Waals surface area (Å²) in [7, 11) is 5.46. The van der Waals surface area contributed by atoms with E-state index in [2.05, 4.69) is 30.6 Å². The largest absolute Gasteiger partial charge is 0.416 e. The van der Waals surface area contributed by atoms with Gasteiger partial charge in [0.05, 0.1) is 17.4 Å². The molecule has 0 radical (unpaired) electrons. The van der Waals surface area contributed by atoms with Gasteiger partial charge in [0.25, 0.3) is 5.91 Å². The summed E-state index contributed by atoms with van der Waals surface area (Å²) in [5.74, 6) is -0.345. The number of likely N-dealkylation sites (N-methyl/N-ethyl adjacent to an activating group) is 1. The Labute approximate surface area is 253 Å². The van der Waals surface area contributed by atoms with Gasteiger partial charge in [0.2, 0.25) is 5.95 Å². The number of rotatable bonds is 9. The number of amides is 1. The number of likely N-dealkylation sites (tertiary alicyclic amines) is 1. The van der Waals surface area contributed by atoms with E-state index in [0.717, 1.165) is 17.2 Å². The molecule has 3 heterocycles. The highest BCUT2D eigenvalue weighted by Crippen LogP contribution is 2.34. The van der Waals surface area contributed by atoms with E-state index < -0.39 is 17.6 Å². The number of benzene rings is 2. The summed E-state index contributed by atoms with van der Waals surface area (Å²) in [6, 6.07) is 10.7. The van der Waals surface area contributed by atoms with Gasteiger partial charge in [0.15, 0.2) is 0 Å². The summed E-state index contributed by atoms with van der Waals surface area (Å²) in [4.78, 5) is 33.9. The number of hydrogen-bond acceptors (Lipinski definition) is 9. The Hall–Kier alpha value is -4.46. The number of methoxy groups -OCH3 is 1. The van der Waals surface area contributed by atoms with Gasteiger partial charge in [-0.1, -0.05) is 12.1 Å². The fourth-order valence-corrected chi connectivity index (χ4v) is 5.22. The maximum atomic E-state index is 14.2. The zero-order valence-electron chi connectivity index (χ0n) is 24.8. The molecule has 13 heteroatoms. The topological polar surface area (TPSA) is 108 Å². The number of aryl methyl sites for hydroxylation is 1. The predicted octanol–water partition coefficient (Wildman–Crippen LogP) is 5.02. The number of carbonyl (C=O) groups is 1. The Kier molecular flexibility index (Phi) is 9.18. The Morgan fingerprint density at radius 2 is 1.86 bits per heavy atom. The lowest BCUT2D eigenvalue weighted by atomic mass is 10.0. The molecule has 5 rings (SSSR count). The van der Waals surface area contributed by atoms with Crippen molar-refractivity contribution in [3.63, 3.8) is 0 Å². The summed E-state index contributed by atoms with van der Waals surface area (Å²) in [5, 5.41) is 5.86. The number of carbonyl (C=O) groups excluding carboxylic acids is 1. The van der Waals surface area contributed by atoms with Gasteiger partial charge in [0, 0.05) is 73.9 Å². The van der Waals surface area contributed by atoms with Gasteiger partial charge in [0.1, 0.15) is 6.33 Å². The summed E-state index contributed by atoms with van der Waals surface area (Å²) >= 11 is 0. The number of hydrogen-bond donors (Lipinski definition) is 2. The molecule has 2 aromatic carbocycles. The Morgan fingerprint density at radius 1 is 1.09 bits per heavy atom. The molecule has 10 nitrogen and oxygen atoms in total. The molecule has 44 heavy (non-hydrogen) atoms. The number of halogens is 3. The fraction of sp³-hybridized carbons (Fsp3) is 0.323. The molecule has 0 bridgehead atoms. The lowest BCUT2D eigenvalue weighted by Crippen LogP contribution is -2.39. The minimum absolute atomic E-state index is 0.0715. The molecule has 1 fully saturated rings. The molecule has 0 spiro atoms. The average molecular weight is 607 g/mol. The van der Waals surface area contributed by atoms with Crippen molar-refractivity contribution in [3.8, 4) is 11.3 Å². The SMILES string of the molecule is CO[C@H]1CN(Cc2ccc(C(=O)Nc3ccc(C)c(Nc4nccc(-c5cncnc5)n4)c3)cc2C(F)(F)F)C[C@@H]1N(C)C. The Balaban J connectivity index is 1.32. The zero-order valence-corrected chi connectivity index (χ0v) is 24.8. The van der Waals surface area contributed by atoms with Crippen molar-refractivity contribution < 1.29 is 22.7 Å². The number of nitrogens with one attached hydrogen (secondary N) is 2.